The second-order valence-corrected chi connectivity index (χ2v) is 5.54. The van der Waals surface area contributed by atoms with Gasteiger partial charge in [-0.05, 0) is 24.6 Å². The molecule has 0 aliphatic rings. The smallest absolute Gasteiger partial charge is 0.320 e. The van der Waals surface area contributed by atoms with E-state index in [1.54, 1.807) is 6.07 Å². The van der Waals surface area contributed by atoms with Crippen molar-refractivity contribution >= 4 is 11.3 Å². The molecular weight excluding hydrogens is 290 g/mol. The van der Waals surface area contributed by atoms with Gasteiger partial charge in [-0.15, -0.1) is 11.3 Å². The van der Waals surface area contributed by atoms with Crippen LogP contribution in [0.25, 0.3) is 0 Å². The molecule has 0 radical (unpaired) electrons. The zero-order valence-electron chi connectivity index (χ0n) is 10.7. The molecule has 6 heteroatoms. The lowest BCUT2D eigenvalue weighted by Crippen LogP contribution is -2.16. The number of aryl methyl sites for hydroxylation is 1. The minimum atomic E-state index is -4.72. The average molecular weight is 303 g/mol. The highest BCUT2D eigenvalue weighted by molar-refractivity contribution is 7.12. The first-order chi connectivity index (χ1) is 9.34. The summed E-state index contributed by atoms with van der Waals surface area (Å²) < 4.78 is 52.0. The van der Waals surface area contributed by atoms with Crippen LogP contribution in [0.1, 0.15) is 33.8 Å². The van der Waals surface area contributed by atoms with Gasteiger partial charge in [0.15, 0.2) is 0 Å². The highest BCUT2D eigenvalue weighted by Crippen LogP contribution is 2.35. The van der Waals surface area contributed by atoms with E-state index in [2.05, 4.69) is 0 Å². The lowest BCUT2D eigenvalue weighted by molar-refractivity contribution is -0.140. The summed E-state index contributed by atoms with van der Waals surface area (Å²) >= 11 is 1.38. The van der Waals surface area contributed by atoms with Gasteiger partial charge in [0.25, 0.3) is 0 Å². The highest BCUT2D eigenvalue weighted by Gasteiger charge is 2.35. The fourth-order valence-electron chi connectivity index (χ4n) is 1.91. The van der Waals surface area contributed by atoms with Gasteiger partial charge in [0.05, 0.1) is 11.6 Å². The maximum Gasteiger partial charge on any atom is 0.419 e. The molecular formula is C14H13F4NS. The van der Waals surface area contributed by atoms with Gasteiger partial charge in [0.1, 0.15) is 5.82 Å². The highest BCUT2D eigenvalue weighted by atomic mass is 32.1. The molecule has 0 spiro atoms. The number of halogens is 4. The molecule has 1 atom stereocenters. The van der Waals surface area contributed by atoms with E-state index in [0.29, 0.717) is 4.88 Å². The average Bonchev–Trinajstić information content (AvgIpc) is 2.85. The number of nitrogens with two attached hydrogens (primary N) is 1. The molecule has 0 aliphatic carbocycles. The summed E-state index contributed by atoms with van der Waals surface area (Å²) in [6.07, 6.45) is -3.91. The molecule has 0 bridgehead atoms. The van der Waals surface area contributed by atoms with Crippen molar-refractivity contribution in [3.8, 4) is 0 Å². The molecule has 0 aliphatic heterocycles. The SMILES string of the molecule is CCc1ccc(C(N)c2cccc(C(F)(F)F)c2F)s1. The zero-order chi connectivity index (χ0) is 14.9. The Kier molecular flexibility index (Phi) is 4.15. The van der Waals surface area contributed by atoms with E-state index < -0.39 is 23.6 Å². The van der Waals surface area contributed by atoms with E-state index in [1.165, 1.54) is 23.5 Å². The van der Waals surface area contributed by atoms with E-state index in [1.807, 2.05) is 13.0 Å². The summed E-state index contributed by atoms with van der Waals surface area (Å²) in [5, 5.41) is 0. The molecule has 0 saturated heterocycles. The van der Waals surface area contributed by atoms with Gasteiger partial charge >= 0.3 is 6.18 Å². The Hall–Kier alpha value is -1.40. The lowest BCUT2D eigenvalue weighted by atomic mass is 10.0. The van der Waals surface area contributed by atoms with Crippen molar-refractivity contribution in [2.45, 2.75) is 25.6 Å². The summed E-state index contributed by atoms with van der Waals surface area (Å²) in [7, 11) is 0. The van der Waals surface area contributed by atoms with E-state index in [9.17, 15) is 17.6 Å². The molecule has 1 nitrogen and oxygen atoms in total. The van der Waals surface area contributed by atoms with Crippen LogP contribution >= 0.6 is 11.3 Å². The van der Waals surface area contributed by atoms with Gasteiger partial charge < -0.3 is 5.73 Å². The van der Waals surface area contributed by atoms with Crippen LogP contribution in [0.2, 0.25) is 0 Å². The van der Waals surface area contributed by atoms with E-state index in [4.69, 9.17) is 5.73 Å². The van der Waals surface area contributed by atoms with Crippen LogP contribution in [0.4, 0.5) is 17.6 Å². The van der Waals surface area contributed by atoms with E-state index >= 15 is 0 Å². The molecule has 1 unspecified atom stereocenters. The number of alkyl halides is 3. The van der Waals surface area contributed by atoms with Gasteiger partial charge in [-0.2, -0.15) is 13.2 Å². The Labute approximate surface area is 118 Å². The van der Waals surface area contributed by atoms with Crippen LogP contribution in [-0.4, -0.2) is 0 Å². The Balaban J connectivity index is 2.42. The summed E-state index contributed by atoms with van der Waals surface area (Å²) in [5.41, 5.74) is 4.49. The van der Waals surface area contributed by atoms with E-state index in [-0.39, 0.29) is 5.56 Å². The summed E-state index contributed by atoms with van der Waals surface area (Å²) in [6.45, 7) is 1.96. The predicted molar refractivity (Wildman–Crippen MR) is 71.1 cm³/mol. The zero-order valence-corrected chi connectivity index (χ0v) is 11.5. The molecule has 0 amide bonds. The summed E-state index contributed by atoms with van der Waals surface area (Å²) in [4.78, 5) is 1.71. The minimum Gasteiger partial charge on any atom is -0.320 e. The molecule has 20 heavy (non-hydrogen) atoms. The second kappa shape index (κ2) is 5.54. The van der Waals surface area contributed by atoms with Crippen LogP contribution in [0, 0.1) is 5.82 Å². The minimum absolute atomic E-state index is 0.135. The van der Waals surface area contributed by atoms with Crippen LogP contribution < -0.4 is 5.73 Å². The van der Waals surface area contributed by atoms with E-state index in [0.717, 1.165) is 17.4 Å². The van der Waals surface area contributed by atoms with Crippen molar-refractivity contribution in [3.63, 3.8) is 0 Å². The molecule has 2 N–H and O–H groups in total. The molecule has 2 rings (SSSR count). The predicted octanol–water partition coefficient (Wildman–Crippen LogP) is 4.52. The van der Waals surface area contributed by atoms with Crippen molar-refractivity contribution in [2.75, 3.05) is 0 Å². The molecule has 2 aromatic rings. The number of hydrogen-bond acceptors (Lipinski definition) is 2. The Bertz CT molecular complexity index is 603. The standard InChI is InChI=1S/C14H13F4NS/c1-2-8-6-7-11(20-8)13(19)9-4-3-5-10(12(9)15)14(16,17)18/h3-7,13H,2,19H2,1H3. The normalized spacial score (nSPS) is 13.5. The van der Waals surface area contributed by atoms with Crippen LogP contribution in [0.5, 0.6) is 0 Å². The monoisotopic (exact) mass is 303 g/mol. The fourth-order valence-corrected chi connectivity index (χ4v) is 2.89. The number of benzene rings is 1. The van der Waals surface area contributed by atoms with Crippen molar-refractivity contribution in [1.29, 1.82) is 0 Å². The quantitative estimate of drug-likeness (QED) is 0.829. The van der Waals surface area contributed by atoms with Gasteiger partial charge in [-0.3, -0.25) is 0 Å². The first kappa shape index (κ1) is 15.0. The second-order valence-electron chi connectivity index (χ2n) is 4.34. The van der Waals surface area contributed by atoms with Gasteiger partial charge in [0, 0.05) is 15.3 Å². The Morgan fingerprint density at radius 1 is 1.20 bits per heavy atom. The third-order valence-electron chi connectivity index (χ3n) is 3.01. The molecule has 108 valence electrons. The first-order valence-electron chi connectivity index (χ1n) is 6.04. The third kappa shape index (κ3) is 2.86. The fraction of sp³-hybridized carbons (Fsp3) is 0.286. The number of hydrogen-bond donors (Lipinski definition) is 1. The Morgan fingerprint density at radius 3 is 2.45 bits per heavy atom. The number of thiophene rings is 1. The summed E-state index contributed by atoms with van der Waals surface area (Å²) in [5.74, 6) is -1.29. The van der Waals surface area contributed by atoms with Crippen molar-refractivity contribution in [2.24, 2.45) is 5.73 Å². The van der Waals surface area contributed by atoms with Crippen LogP contribution in [0.3, 0.4) is 0 Å². The molecule has 0 saturated carbocycles. The van der Waals surface area contributed by atoms with Crippen molar-refractivity contribution in [1.82, 2.24) is 0 Å². The molecule has 0 fully saturated rings. The van der Waals surface area contributed by atoms with Crippen molar-refractivity contribution in [3.05, 3.63) is 57.0 Å². The first-order valence-corrected chi connectivity index (χ1v) is 6.86. The topological polar surface area (TPSA) is 26.0 Å². The van der Waals surface area contributed by atoms with Crippen LogP contribution in [-0.2, 0) is 12.6 Å². The van der Waals surface area contributed by atoms with Gasteiger partial charge in [-0.1, -0.05) is 19.1 Å². The number of rotatable bonds is 3. The third-order valence-corrected chi connectivity index (χ3v) is 4.32. The maximum absolute atomic E-state index is 14.0. The molecule has 1 aromatic heterocycles. The Morgan fingerprint density at radius 2 is 1.90 bits per heavy atom. The lowest BCUT2D eigenvalue weighted by Gasteiger charge is -2.15. The molecule has 1 aromatic carbocycles. The summed E-state index contributed by atoms with van der Waals surface area (Å²) in [6, 6.07) is 5.88. The van der Waals surface area contributed by atoms with Crippen molar-refractivity contribution < 1.29 is 17.6 Å². The largest absolute Gasteiger partial charge is 0.419 e. The molecule has 1 heterocycles. The van der Waals surface area contributed by atoms with Gasteiger partial charge in [0.2, 0.25) is 0 Å². The maximum atomic E-state index is 14.0. The van der Waals surface area contributed by atoms with Crippen LogP contribution in [0.15, 0.2) is 30.3 Å². The van der Waals surface area contributed by atoms with Gasteiger partial charge in [-0.25, -0.2) is 4.39 Å².